The first-order valence-electron chi connectivity index (χ1n) is 3.57. The topological polar surface area (TPSA) is 97.1 Å². The number of primary amides is 1. The third-order valence-electron chi connectivity index (χ3n) is 1.26. The number of carbonyl (C=O) groups excluding carboxylic acids is 2. The summed E-state index contributed by atoms with van der Waals surface area (Å²) in [6, 6.07) is 2.07. The summed E-state index contributed by atoms with van der Waals surface area (Å²) in [6.07, 6.45) is 1.32. The fourth-order valence-corrected chi connectivity index (χ4v) is 0.804. The van der Waals surface area contributed by atoms with Crippen molar-refractivity contribution in [2.24, 2.45) is 5.73 Å². The zero-order valence-corrected chi connectivity index (χ0v) is 7.71. The molecular formula is C7H7ClN4O2. The predicted molar refractivity (Wildman–Crippen MR) is 49.4 cm³/mol. The average Bonchev–Trinajstić information content (AvgIpc) is 2.15. The smallest absolute Gasteiger partial charge is 0.330 e. The van der Waals surface area contributed by atoms with Gasteiger partial charge in [0, 0.05) is 6.20 Å². The van der Waals surface area contributed by atoms with Crippen LogP contribution in [0.3, 0.4) is 0 Å². The van der Waals surface area contributed by atoms with Crippen LogP contribution in [0.1, 0.15) is 10.5 Å². The molecule has 0 saturated heterocycles. The number of aromatic nitrogens is 1. The number of hydrazine groups is 1. The summed E-state index contributed by atoms with van der Waals surface area (Å²) in [5.74, 6) is -0.569. The van der Waals surface area contributed by atoms with Crippen molar-refractivity contribution in [1.82, 2.24) is 15.8 Å². The van der Waals surface area contributed by atoms with Crippen LogP contribution in [0, 0.1) is 0 Å². The number of hydrogen-bond donors (Lipinski definition) is 3. The summed E-state index contributed by atoms with van der Waals surface area (Å²) >= 11 is 5.56. The SMILES string of the molecule is NC(=O)NNC(=O)c1ccc(Cl)cn1. The number of rotatable bonds is 1. The van der Waals surface area contributed by atoms with Crippen molar-refractivity contribution < 1.29 is 9.59 Å². The molecule has 0 atom stereocenters. The standard InChI is InChI=1S/C7H7ClN4O2/c8-4-1-2-5(10-3-4)6(13)11-12-7(9)14/h1-3H,(H,11,13)(H3,9,12,14). The van der Waals surface area contributed by atoms with Gasteiger partial charge in [-0.1, -0.05) is 11.6 Å². The molecule has 0 aliphatic carbocycles. The van der Waals surface area contributed by atoms with Crippen LogP contribution < -0.4 is 16.6 Å². The summed E-state index contributed by atoms with van der Waals surface area (Å²) in [7, 11) is 0. The van der Waals surface area contributed by atoms with Gasteiger partial charge in [-0.05, 0) is 12.1 Å². The molecule has 14 heavy (non-hydrogen) atoms. The lowest BCUT2D eigenvalue weighted by Gasteiger charge is -2.03. The Hall–Kier alpha value is -1.82. The Morgan fingerprint density at radius 3 is 2.57 bits per heavy atom. The van der Waals surface area contributed by atoms with E-state index in [1.807, 2.05) is 10.9 Å². The first kappa shape index (κ1) is 10.3. The zero-order chi connectivity index (χ0) is 10.6. The van der Waals surface area contributed by atoms with Gasteiger partial charge in [-0.15, -0.1) is 0 Å². The number of nitrogens with one attached hydrogen (secondary N) is 2. The molecule has 7 heteroatoms. The van der Waals surface area contributed by atoms with E-state index < -0.39 is 11.9 Å². The number of urea groups is 1. The molecule has 74 valence electrons. The Morgan fingerprint density at radius 1 is 1.36 bits per heavy atom. The van der Waals surface area contributed by atoms with Gasteiger partial charge >= 0.3 is 6.03 Å². The van der Waals surface area contributed by atoms with Gasteiger partial charge in [0.25, 0.3) is 5.91 Å². The Labute approximate surface area is 84.4 Å². The van der Waals surface area contributed by atoms with Gasteiger partial charge in [0.1, 0.15) is 5.69 Å². The maximum absolute atomic E-state index is 11.2. The van der Waals surface area contributed by atoms with Gasteiger partial charge < -0.3 is 5.73 Å². The van der Waals surface area contributed by atoms with E-state index in [0.717, 1.165) is 0 Å². The zero-order valence-electron chi connectivity index (χ0n) is 6.95. The van der Waals surface area contributed by atoms with Gasteiger partial charge in [0.2, 0.25) is 0 Å². The summed E-state index contributed by atoms with van der Waals surface area (Å²) in [5.41, 5.74) is 8.84. The fourth-order valence-electron chi connectivity index (χ4n) is 0.693. The minimum Gasteiger partial charge on any atom is -0.350 e. The van der Waals surface area contributed by atoms with E-state index in [1.54, 1.807) is 0 Å². The van der Waals surface area contributed by atoms with Crippen LogP contribution in [0.15, 0.2) is 18.3 Å². The van der Waals surface area contributed by atoms with Crippen molar-refractivity contribution in [2.45, 2.75) is 0 Å². The lowest BCUT2D eigenvalue weighted by molar-refractivity contribution is 0.0932. The molecule has 1 heterocycles. The highest BCUT2D eigenvalue weighted by molar-refractivity contribution is 6.30. The highest BCUT2D eigenvalue weighted by Crippen LogP contribution is 2.05. The van der Waals surface area contributed by atoms with Crippen LogP contribution in [-0.4, -0.2) is 16.9 Å². The summed E-state index contributed by atoms with van der Waals surface area (Å²) in [4.78, 5) is 25.1. The van der Waals surface area contributed by atoms with Gasteiger partial charge in [-0.3, -0.25) is 10.2 Å². The third-order valence-corrected chi connectivity index (χ3v) is 1.48. The van der Waals surface area contributed by atoms with Crippen molar-refractivity contribution in [2.75, 3.05) is 0 Å². The third kappa shape index (κ3) is 2.91. The average molecular weight is 215 g/mol. The second-order valence-corrected chi connectivity index (χ2v) is 2.74. The van der Waals surface area contributed by atoms with E-state index in [9.17, 15) is 9.59 Å². The number of amides is 3. The summed E-state index contributed by atoms with van der Waals surface area (Å²) in [6.45, 7) is 0. The second-order valence-electron chi connectivity index (χ2n) is 2.31. The normalized spacial score (nSPS) is 9.21. The van der Waals surface area contributed by atoms with E-state index in [2.05, 4.69) is 4.98 Å². The van der Waals surface area contributed by atoms with Crippen molar-refractivity contribution in [3.8, 4) is 0 Å². The monoisotopic (exact) mass is 214 g/mol. The molecule has 6 nitrogen and oxygen atoms in total. The Bertz CT molecular complexity index is 351. The molecule has 4 N–H and O–H groups in total. The quantitative estimate of drug-likeness (QED) is 0.576. The maximum atomic E-state index is 11.2. The van der Waals surface area contributed by atoms with Gasteiger partial charge in [-0.2, -0.15) is 0 Å². The molecule has 0 aromatic carbocycles. The van der Waals surface area contributed by atoms with Crippen molar-refractivity contribution in [3.05, 3.63) is 29.0 Å². The molecule has 0 saturated carbocycles. The minimum absolute atomic E-state index is 0.128. The largest absolute Gasteiger partial charge is 0.350 e. The van der Waals surface area contributed by atoms with E-state index in [1.165, 1.54) is 18.3 Å². The lowest BCUT2D eigenvalue weighted by atomic mass is 10.3. The molecule has 0 bridgehead atoms. The number of nitrogens with two attached hydrogens (primary N) is 1. The minimum atomic E-state index is -0.854. The number of pyridine rings is 1. The van der Waals surface area contributed by atoms with Crippen molar-refractivity contribution in [3.63, 3.8) is 0 Å². The van der Waals surface area contributed by atoms with Crippen LogP contribution in [0.4, 0.5) is 4.79 Å². The predicted octanol–water partition coefficient (Wildman–Crippen LogP) is 0.0481. The van der Waals surface area contributed by atoms with E-state index in [-0.39, 0.29) is 5.69 Å². The first-order valence-corrected chi connectivity index (χ1v) is 3.95. The van der Waals surface area contributed by atoms with E-state index in [0.29, 0.717) is 5.02 Å². The molecule has 0 spiro atoms. The van der Waals surface area contributed by atoms with Gasteiger partial charge in [-0.25, -0.2) is 15.2 Å². The Balaban J connectivity index is 2.61. The van der Waals surface area contributed by atoms with Crippen molar-refractivity contribution >= 4 is 23.5 Å². The van der Waals surface area contributed by atoms with Crippen LogP contribution >= 0.6 is 11.6 Å². The van der Waals surface area contributed by atoms with E-state index >= 15 is 0 Å². The van der Waals surface area contributed by atoms with Gasteiger partial charge in [0.05, 0.1) is 5.02 Å². The second kappa shape index (κ2) is 4.43. The van der Waals surface area contributed by atoms with Crippen LogP contribution in [0.5, 0.6) is 0 Å². The van der Waals surface area contributed by atoms with Crippen LogP contribution in [0.2, 0.25) is 5.02 Å². The molecular weight excluding hydrogens is 208 g/mol. The fraction of sp³-hybridized carbons (Fsp3) is 0. The number of halogens is 1. The lowest BCUT2D eigenvalue weighted by Crippen LogP contribution is -2.44. The van der Waals surface area contributed by atoms with Crippen LogP contribution in [-0.2, 0) is 0 Å². The highest BCUT2D eigenvalue weighted by Gasteiger charge is 2.06. The first-order chi connectivity index (χ1) is 6.59. The molecule has 1 aromatic heterocycles. The molecule has 1 aromatic rings. The Morgan fingerprint density at radius 2 is 2.07 bits per heavy atom. The van der Waals surface area contributed by atoms with E-state index in [4.69, 9.17) is 17.3 Å². The molecule has 0 aliphatic heterocycles. The number of nitrogens with zero attached hydrogens (tertiary/aromatic N) is 1. The highest BCUT2D eigenvalue weighted by atomic mass is 35.5. The molecule has 0 radical (unpaired) electrons. The van der Waals surface area contributed by atoms with Gasteiger partial charge in [0.15, 0.2) is 0 Å². The molecule has 0 fully saturated rings. The van der Waals surface area contributed by atoms with Crippen molar-refractivity contribution in [1.29, 1.82) is 0 Å². The molecule has 0 unspecified atom stereocenters. The number of hydrogen-bond acceptors (Lipinski definition) is 3. The van der Waals surface area contributed by atoms with Crippen LogP contribution in [0.25, 0.3) is 0 Å². The molecule has 3 amide bonds. The molecule has 1 rings (SSSR count). The molecule has 0 aliphatic rings. The Kier molecular flexibility index (Phi) is 3.24. The number of carbonyl (C=O) groups is 2. The summed E-state index contributed by atoms with van der Waals surface area (Å²) in [5, 5.41) is 0.421. The summed E-state index contributed by atoms with van der Waals surface area (Å²) < 4.78 is 0. The maximum Gasteiger partial charge on any atom is 0.330 e.